The Labute approximate surface area is 106 Å². The van der Waals surface area contributed by atoms with E-state index in [4.69, 9.17) is 0 Å². The van der Waals surface area contributed by atoms with E-state index in [1.807, 2.05) is 30.3 Å². The van der Waals surface area contributed by atoms with Gasteiger partial charge >= 0.3 is 0 Å². The second-order valence-electron chi connectivity index (χ2n) is 5.01. The number of hydrogen-bond acceptors (Lipinski definition) is 2. The summed E-state index contributed by atoms with van der Waals surface area (Å²) >= 11 is 0. The summed E-state index contributed by atoms with van der Waals surface area (Å²) in [6, 6.07) is 9.84. The molecule has 1 aromatic carbocycles. The molecule has 0 bridgehead atoms. The van der Waals surface area contributed by atoms with Gasteiger partial charge in [0, 0.05) is 13.0 Å². The van der Waals surface area contributed by atoms with Crippen molar-refractivity contribution in [1.29, 1.82) is 0 Å². The molecule has 1 saturated carbocycles. The van der Waals surface area contributed by atoms with Crippen molar-refractivity contribution in [1.82, 2.24) is 10.6 Å². The summed E-state index contributed by atoms with van der Waals surface area (Å²) in [7, 11) is 0. The van der Waals surface area contributed by atoms with Crippen LogP contribution in [0.5, 0.6) is 0 Å². The predicted molar refractivity (Wildman–Crippen MR) is 70.2 cm³/mol. The van der Waals surface area contributed by atoms with Gasteiger partial charge in [0.2, 0.25) is 5.91 Å². The number of nitrogens with one attached hydrogen (secondary N) is 2. The van der Waals surface area contributed by atoms with Gasteiger partial charge in [0.15, 0.2) is 5.96 Å². The minimum atomic E-state index is -0.189. The van der Waals surface area contributed by atoms with Gasteiger partial charge in [0.25, 0.3) is 0 Å². The number of carbonyl (C=O) groups excluding carboxylic acids is 1. The van der Waals surface area contributed by atoms with E-state index in [0.29, 0.717) is 12.4 Å². The van der Waals surface area contributed by atoms with Crippen molar-refractivity contribution in [2.75, 3.05) is 6.54 Å². The number of hydrogen-bond donors (Lipinski definition) is 2. The molecule has 2 aliphatic rings. The van der Waals surface area contributed by atoms with E-state index in [2.05, 4.69) is 15.6 Å². The van der Waals surface area contributed by atoms with Crippen molar-refractivity contribution >= 4 is 11.9 Å². The largest absolute Gasteiger partial charge is 0.344 e. The van der Waals surface area contributed by atoms with Gasteiger partial charge in [0.05, 0.1) is 0 Å². The molecule has 1 heterocycles. The number of carbonyl (C=O) groups is 1. The Morgan fingerprint density at radius 3 is 2.72 bits per heavy atom. The molecule has 1 saturated heterocycles. The highest BCUT2D eigenvalue weighted by atomic mass is 16.2. The van der Waals surface area contributed by atoms with Gasteiger partial charge in [-0.3, -0.25) is 15.1 Å². The molecule has 18 heavy (non-hydrogen) atoms. The zero-order chi connectivity index (χ0) is 12.4. The first kappa shape index (κ1) is 11.3. The van der Waals surface area contributed by atoms with Crippen molar-refractivity contribution in [2.45, 2.75) is 25.3 Å². The number of benzene rings is 1. The first-order chi connectivity index (χ1) is 8.81. The van der Waals surface area contributed by atoms with E-state index in [1.165, 1.54) is 12.8 Å². The minimum Gasteiger partial charge on any atom is -0.344 e. The van der Waals surface area contributed by atoms with Crippen LogP contribution in [-0.4, -0.2) is 24.5 Å². The number of rotatable bonds is 4. The zero-order valence-electron chi connectivity index (χ0n) is 10.2. The number of amides is 1. The van der Waals surface area contributed by atoms with Crippen LogP contribution in [0.1, 0.15) is 18.4 Å². The van der Waals surface area contributed by atoms with E-state index in [9.17, 15) is 4.79 Å². The van der Waals surface area contributed by atoms with Gasteiger partial charge in [-0.05, 0) is 24.3 Å². The predicted octanol–water partition coefficient (Wildman–Crippen LogP) is 1.08. The molecule has 0 radical (unpaired) electrons. The SMILES string of the molecule is O=C1NC(=NCC2CC2)NC1Cc1ccccc1. The molecule has 0 aromatic heterocycles. The Morgan fingerprint density at radius 1 is 1.22 bits per heavy atom. The standard InChI is InChI=1S/C14H17N3O/c18-13-12(8-10-4-2-1-3-5-10)16-14(17-13)15-9-11-6-7-11/h1-5,11-12H,6-9H2,(H2,15,16,17,18). The molecule has 1 atom stereocenters. The Hall–Kier alpha value is -1.84. The van der Waals surface area contributed by atoms with Crippen LogP contribution in [0.4, 0.5) is 0 Å². The maximum Gasteiger partial charge on any atom is 0.249 e. The van der Waals surface area contributed by atoms with Crippen molar-refractivity contribution in [3.05, 3.63) is 35.9 Å². The van der Waals surface area contributed by atoms with Gasteiger partial charge < -0.3 is 5.32 Å². The maximum absolute atomic E-state index is 11.8. The Bertz CT molecular complexity index is 465. The van der Waals surface area contributed by atoms with E-state index < -0.39 is 0 Å². The smallest absolute Gasteiger partial charge is 0.249 e. The molecule has 3 rings (SSSR count). The average Bonchev–Trinajstić information content (AvgIpc) is 3.15. The van der Waals surface area contributed by atoms with Gasteiger partial charge in [-0.25, -0.2) is 0 Å². The first-order valence-electron chi connectivity index (χ1n) is 6.47. The summed E-state index contributed by atoms with van der Waals surface area (Å²) in [6.45, 7) is 0.834. The normalized spacial score (nSPS) is 25.0. The lowest BCUT2D eigenvalue weighted by Crippen LogP contribution is -2.31. The minimum absolute atomic E-state index is 0.0217. The summed E-state index contributed by atoms with van der Waals surface area (Å²) in [6.07, 6.45) is 3.26. The van der Waals surface area contributed by atoms with Crippen LogP contribution in [0, 0.1) is 5.92 Å². The average molecular weight is 243 g/mol. The lowest BCUT2D eigenvalue weighted by Gasteiger charge is -2.07. The summed E-state index contributed by atoms with van der Waals surface area (Å²) in [5.74, 6) is 1.41. The molecule has 4 nitrogen and oxygen atoms in total. The Morgan fingerprint density at radius 2 is 2.00 bits per heavy atom. The third-order valence-electron chi connectivity index (χ3n) is 3.36. The van der Waals surface area contributed by atoms with Gasteiger partial charge in [-0.1, -0.05) is 30.3 Å². The molecule has 4 heteroatoms. The molecule has 2 fully saturated rings. The van der Waals surface area contributed by atoms with Crippen LogP contribution in [0.25, 0.3) is 0 Å². The van der Waals surface area contributed by atoms with Crippen LogP contribution in [-0.2, 0) is 11.2 Å². The lowest BCUT2D eigenvalue weighted by atomic mass is 10.1. The quantitative estimate of drug-likeness (QED) is 0.831. The molecular formula is C14H17N3O. The molecule has 1 amide bonds. The zero-order valence-corrected chi connectivity index (χ0v) is 10.2. The fraction of sp³-hybridized carbons (Fsp3) is 0.429. The molecule has 0 spiro atoms. The van der Waals surface area contributed by atoms with Gasteiger partial charge in [-0.15, -0.1) is 0 Å². The highest BCUT2D eigenvalue weighted by molar-refractivity contribution is 6.06. The van der Waals surface area contributed by atoms with Gasteiger partial charge in [0.1, 0.15) is 6.04 Å². The van der Waals surface area contributed by atoms with Crippen LogP contribution in [0.2, 0.25) is 0 Å². The molecule has 1 aliphatic carbocycles. The fourth-order valence-corrected chi connectivity index (χ4v) is 2.07. The highest BCUT2D eigenvalue weighted by Crippen LogP contribution is 2.28. The van der Waals surface area contributed by atoms with Crippen molar-refractivity contribution in [2.24, 2.45) is 10.9 Å². The van der Waals surface area contributed by atoms with Crippen molar-refractivity contribution in [3.63, 3.8) is 0 Å². The second kappa shape index (κ2) is 4.80. The molecule has 1 unspecified atom stereocenters. The second-order valence-corrected chi connectivity index (χ2v) is 5.01. The molecule has 1 aromatic rings. The molecule has 2 N–H and O–H groups in total. The van der Waals surface area contributed by atoms with Crippen LogP contribution in [0.15, 0.2) is 35.3 Å². The van der Waals surface area contributed by atoms with E-state index >= 15 is 0 Å². The van der Waals surface area contributed by atoms with Crippen molar-refractivity contribution < 1.29 is 4.79 Å². The van der Waals surface area contributed by atoms with Crippen LogP contribution >= 0.6 is 0 Å². The third kappa shape index (κ3) is 2.70. The van der Waals surface area contributed by atoms with E-state index in [0.717, 1.165) is 18.0 Å². The Kier molecular flexibility index (Phi) is 3.00. The maximum atomic E-state index is 11.8. The topological polar surface area (TPSA) is 53.5 Å². The molecule has 1 aliphatic heterocycles. The monoisotopic (exact) mass is 243 g/mol. The number of nitrogens with zero attached hydrogens (tertiary/aromatic N) is 1. The highest BCUT2D eigenvalue weighted by Gasteiger charge is 2.29. The lowest BCUT2D eigenvalue weighted by molar-refractivity contribution is -0.120. The summed E-state index contributed by atoms with van der Waals surface area (Å²) in [5, 5.41) is 5.97. The van der Waals surface area contributed by atoms with Gasteiger partial charge in [-0.2, -0.15) is 0 Å². The fourth-order valence-electron chi connectivity index (χ4n) is 2.07. The number of guanidine groups is 1. The van der Waals surface area contributed by atoms with Crippen molar-refractivity contribution in [3.8, 4) is 0 Å². The summed E-state index contributed by atoms with van der Waals surface area (Å²) < 4.78 is 0. The molecular weight excluding hydrogens is 226 g/mol. The van der Waals surface area contributed by atoms with E-state index in [-0.39, 0.29) is 11.9 Å². The first-order valence-corrected chi connectivity index (χ1v) is 6.47. The third-order valence-corrected chi connectivity index (χ3v) is 3.36. The number of aliphatic imine (C=N–C) groups is 1. The Balaban J connectivity index is 1.60. The van der Waals surface area contributed by atoms with Crippen LogP contribution < -0.4 is 10.6 Å². The molecule has 94 valence electrons. The summed E-state index contributed by atoms with van der Waals surface area (Å²) in [5.41, 5.74) is 1.16. The van der Waals surface area contributed by atoms with Crippen LogP contribution in [0.3, 0.4) is 0 Å². The van der Waals surface area contributed by atoms with E-state index in [1.54, 1.807) is 0 Å². The summed E-state index contributed by atoms with van der Waals surface area (Å²) in [4.78, 5) is 16.2.